The monoisotopic (exact) mass is 366 g/mol. The number of nitriles is 1. The first-order valence-corrected chi connectivity index (χ1v) is 8.28. The Labute approximate surface area is 156 Å². The molecule has 2 amide bonds. The van der Waals surface area contributed by atoms with Crippen LogP contribution in [0, 0.1) is 24.8 Å². The fraction of sp³-hybridized carbons (Fsp3) is 0.316. The van der Waals surface area contributed by atoms with Crippen LogP contribution >= 0.6 is 0 Å². The Hall–Kier alpha value is -3.65. The van der Waals surface area contributed by atoms with E-state index in [2.05, 4.69) is 4.85 Å². The van der Waals surface area contributed by atoms with Crippen molar-refractivity contribution < 1.29 is 14.7 Å². The van der Waals surface area contributed by atoms with Gasteiger partial charge in [-0.3, -0.25) is 23.9 Å². The van der Waals surface area contributed by atoms with E-state index in [9.17, 15) is 24.8 Å². The van der Waals surface area contributed by atoms with Gasteiger partial charge in [0.1, 0.15) is 11.6 Å². The van der Waals surface area contributed by atoms with Gasteiger partial charge in [0.15, 0.2) is 0 Å². The highest BCUT2D eigenvalue weighted by molar-refractivity contribution is 6.19. The van der Waals surface area contributed by atoms with E-state index in [-0.39, 0.29) is 52.5 Å². The zero-order valence-corrected chi connectivity index (χ0v) is 15.5. The lowest BCUT2D eigenvalue weighted by atomic mass is 9.95. The summed E-state index contributed by atoms with van der Waals surface area (Å²) in [7, 11) is 0. The molecule has 0 atom stereocenters. The average molecular weight is 366 g/mol. The molecule has 27 heavy (non-hydrogen) atoms. The van der Waals surface area contributed by atoms with Crippen LogP contribution in [0.5, 0.6) is 5.88 Å². The maximum atomic E-state index is 12.7. The van der Waals surface area contributed by atoms with E-state index in [1.807, 2.05) is 6.07 Å². The number of pyridine rings is 1. The molecule has 1 aromatic heterocycles. The first kappa shape index (κ1) is 19.7. The van der Waals surface area contributed by atoms with Gasteiger partial charge in [0, 0.05) is 24.2 Å². The molecule has 0 bridgehead atoms. The van der Waals surface area contributed by atoms with Crippen LogP contribution in [-0.4, -0.2) is 32.9 Å². The van der Waals surface area contributed by atoms with Gasteiger partial charge in [0.2, 0.25) is 5.88 Å². The molecule has 2 heterocycles. The zero-order valence-electron chi connectivity index (χ0n) is 15.5. The van der Waals surface area contributed by atoms with Crippen LogP contribution in [0.2, 0.25) is 0 Å². The number of amides is 2. The topological polar surface area (TPSA) is 108 Å². The minimum Gasteiger partial charge on any atom is -0.494 e. The van der Waals surface area contributed by atoms with Crippen LogP contribution in [0.25, 0.3) is 10.9 Å². The molecular weight excluding hydrogens is 348 g/mol. The Kier molecular flexibility index (Phi) is 5.32. The number of imide groups is 1. The molecule has 1 aliphatic rings. The highest BCUT2D eigenvalue weighted by Crippen LogP contribution is 2.31. The van der Waals surface area contributed by atoms with Crippen molar-refractivity contribution in [2.45, 2.75) is 34.2 Å². The molecule has 1 aliphatic heterocycles. The maximum Gasteiger partial charge on any atom is 0.271 e. The van der Waals surface area contributed by atoms with Gasteiger partial charge in [0.05, 0.1) is 6.57 Å². The van der Waals surface area contributed by atoms with Crippen LogP contribution < -0.4 is 5.56 Å². The van der Waals surface area contributed by atoms with Crippen molar-refractivity contribution in [2.24, 2.45) is 0 Å². The van der Waals surface area contributed by atoms with Gasteiger partial charge < -0.3 is 5.11 Å². The quantitative estimate of drug-likeness (QED) is 0.498. The molecule has 0 radical (unpaired) electrons. The number of likely N-dealkylation sites (N-methyl/N-ethyl adjacent to an activating group) is 1. The first-order chi connectivity index (χ1) is 12.7. The SMILES string of the molecule is [C-]#[N+]C1=C(C)/C(=C/c2c(C)c(C#N)c(=O)n(CC)c2O)C(=O)N(CC)C1=O. The zero-order chi connectivity index (χ0) is 20.5. The highest BCUT2D eigenvalue weighted by Gasteiger charge is 2.35. The normalized spacial score (nSPS) is 15.9. The number of rotatable bonds is 3. The van der Waals surface area contributed by atoms with Crippen molar-refractivity contribution in [3.05, 3.63) is 55.3 Å². The summed E-state index contributed by atoms with van der Waals surface area (Å²) in [5.74, 6) is -1.64. The molecule has 138 valence electrons. The van der Waals surface area contributed by atoms with Crippen LogP contribution in [0.15, 0.2) is 21.6 Å². The van der Waals surface area contributed by atoms with E-state index in [1.165, 1.54) is 19.9 Å². The number of aromatic nitrogens is 1. The summed E-state index contributed by atoms with van der Waals surface area (Å²) in [6.45, 7) is 13.7. The van der Waals surface area contributed by atoms with E-state index >= 15 is 0 Å². The molecular formula is C19H18N4O4. The summed E-state index contributed by atoms with van der Waals surface area (Å²) in [5, 5.41) is 19.8. The van der Waals surface area contributed by atoms with Crippen molar-refractivity contribution in [2.75, 3.05) is 6.54 Å². The third kappa shape index (κ3) is 2.91. The summed E-state index contributed by atoms with van der Waals surface area (Å²) in [6, 6.07) is 1.83. The van der Waals surface area contributed by atoms with Crippen LogP contribution in [0.3, 0.4) is 0 Å². The lowest BCUT2D eigenvalue weighted by Crippen LogP contribution is -2.42. The van der Waals surface area contributed by atoms with Crippen molar-refractivity contribution in [1.82, 2.24) is 9.47 Å². The number of aromatic hydroxyl groups is 1. The molecule has 2 rings (SSSR count). The molecule has 1 aromatic rings. The summed E-state index contributed by atoms with van der Waals surface area (Å²) in [4.78, 5) is 41.4. The lowest BCUT2D eigenvalue weighted by molar-refractivity contribution is -0.140. The van der Waals surface area contributed by atoms with E-state index in [1.54, 1.807) is 13.8 Å². The van der Waals surface area contributed by atoms with Crippen molar-refractivity contribution in [1.29, 1.82) is 5.26 Å². The number of nitrogens with zero attached hydrogens (tertiary/aromatic N) is 4. The van der Waals surface area contributed by atoms with Crippen LogP contribution in [0.4, 0.5) is 0 Å². The van der Waals surface area contributed by atoms with E-state index in [0.717, 1.165) is 9.47 Å². The molecule has 1 N–H and O–H groups in total. The van der Waals surface area contributed by atoms with E-state index < -0.39 is 17.4 Å². The Morgan fingerprint density at radius 2 is 1.81 bits per heavy atom. The number of carbonyl (C=O) groups excluding carboxylic acids is 2. The smallest absolute Gasteiger partial charge is 0.271 e. The van der Waals surface area contributed by atoms with Gasteiger partial charge >= 0.3 is 0 Å². The van der Waals surface area contributed by atoms with Gasteiger partial charge in [-0.05, 0) is 44.9 Å². The van der Waals surface area contributed by atoms with Gasteiger partial charge in [-0.15, -0.1) is 0 Å². The second-order valence-electron chi connectivity index (χ2n) is 5.90. The minimum atomic E-state index is -0.663. The standard InChI is InChI=1S/C19H18N4O4/c1-6-22-16(24)12(10(3)14(9-20)18(22)26)8-13-11(4)15(21-5)19(27)23(7-2)17(13)25/h8,24H,6-7H2,1-4H3/b13-8-. The molecule has 0 saturated carbocycles. The predicted octanol–water partition coefficient (Wildman–Crippen LogP) is 1.72. The maximum absolute atomic E-state index is 12.7. The van der Waals surface area contributed by atoms with Gasteiger partial charge in [-0.25, -0.2) is 4.85 Å². The van der Waals surface area contributed by atoms with Crippen molar-refractivity contribution in [3.63, 3.8) is 0 Å². The fourth-order valence-electron chi connectivity index (χ4n) is 2.98. The average Bonchev–Trinajstić information content (AvgIpc) is 2.62. The van der Waals surface area contributed by atoms with E-state index in [4.69, 9.17) is 6.57 Å². The minimum absolute atomic E-state index is 0.0611. The van der Waals surface area contributed by atoms with Crippen molar-refractivity contribution >= 4 is 17.9 Å². The van der Waals surface area contributed by atoms with Crippen molar-refractivity contribution in [3.8, 4) is 11.9 Å². The first-order valence-electron chi connectivity index (χ1n) is 8.28. The Bertz CT molecular complexity index is 1060. The fourth-order valence-corrected chi connectivity index (χ4v) is 2.98. The summed E-state index contributed by atoms with van der Waals surface area (Å²) in [5.41, 5.74) is -0.328. The Morgan fingerprint density at radius 1 is 1.19 bits per heavy atom. The summed E-state index contributed by atoms with van der Waals surface area (Å²) >= 11 is 0. The lowest BCUT2D eigenvalue weighted by Gasteiger charge is -2.26. The van der Waals surface area contributed by atoms with Gasteiger partial charge in [-0.2, -0.15) is 5.26 Å². The summed E-state index contributed by atoms with van der Waals surface area (Å²) < 4.78 is 1.03. The van der Waals surface area contributed by atoms with Crippen LogP contribution in [-0.2, 0) is 16.1 Å². The second-order valence-corrected chi connectivity index (χ2v) is 5.90. The molecule has 8 nitrogen and oxygen atoms in total. The molecule has 0 aliphatic carbocycles. The Morgan fingerprint density at radius 3 is 2.30 bits per heavy atom. The number of hydrogen-bond acceptors (Lipinski definition) is 5. The number of hydrogen-bond donors (Lipinski definition) is 1. The molecule has 8 heteroatoms. The number of carbonyl (C=O) groups is 2. The second kappa shape index (κ2) is 7.30. The third-order valence-electron chi connectivity index (χ3n) is 4.56. The van der Waals surface area contributed by atoms with Crippen LogP contribution in [0.1, 0.15) is 37.5 Å². The Balaban J connectivity index is 2.90. The highest BCUT2D eigenvalue weighted by atomic mass is 16.3. The van der Waals surface area contributed by atoms with Gasteiger partial charge in [-0.1, -0.05) is 0 Å². The molecule has 0 unspecified atom stereocenters. The third-order valence-corrected chi connectivity index (χ3v) is 4.56. The molecule has 0 spiro atoms. The summed E-state index contributed by atoms with van der Waals surface area (Å²) in [6.07, 6.45) is 1.33. The molecule has 0 saturated heterocycles. The molecule has 0 fully saturated rings. The molecule has 0 aromatic carbocycles. The van der Waals surface area contributed by atoms with E-state index in [0.29, 0.717) is 0 Å². The van der Waals surface area contributed by atoms with Gasteiger partial charge in [0.25, 0.3) is 23.1 Å². The predicted molar refractivity (Wildman–Crippen MR) is 97.2 cm³/mol. The largest absolute Gasteiger partial charge is 0.494 e.